The van der Waals surface area contributed by atoms with Gasteiger partial charge >= 0.3 is 18.3 Å². The van der Waals surface area contributed by atoms with Crippen LogP contribution in [0.4, 0.5) is 26.3 Å². The van der Waals surface area contributed by atoms with E-state index in [9.17, 15) is 31.1 Å². The third-order valence-corrected chi connectivity index (χ3v) is 2.49. The third-order valence-electron chi connectivity index (χ3n) is 2.49. The maximum Gasteiger partial charge on any atom is 0.433 e. The van der Waals surface area contributed by atoms with E-state index in [1.165, 1.54) is 0 Å². The van der Waals surface area contributed by atoms with E-state index in [1.807, 2.05) is 0 Å². The lowest BCUT2D eigenvalue weighted by Crippen LogP contribution is -2.14. The number of carboxylic acid groups (broad SMARTS) is 1. The molecule has 10 heteroatoms. The Labute approximate surface area is 112 Å². The molecule has 0 amide bonds. The second-order valence-corrected chi connectivity index (χ2v) is 3.92. The van der Waals surface area contributed by atoms with Crippen molar-refractivity contribution in [3.63, 3.8) is 0 Å². The molecule has 0 fully saturated rings. The van der Waals surface area contributed by atoms with Gasteiger partial charge in [0.15, 0.2) is 11.3 Å². The van der Waals surface area contributed by atoms with Gasteiger partial charge in [0.2, 0.25) is 0 Å². The molecule has 0 aliphatic carbocycles. The smallest absolute Gasteiger partial charge is 0.433 e. The highest BCUT2D eigenvalue weighted by Crippen LogP contribution is 2.38. The van der Waals surface area contributed by atoms with E-state index in [4.69, 9.17) is 5.11 Å². The average molecular weight is 310 g/mol. The Kier molecular flexibility index (Phi) is 3.27. The summed E-state index contributed by atoms with van der Waals surface area (Å²) in [6, 6.07) is 1.35. The molecule has 0 saturated carbocycles. The molecule has 0 aliphatic heterocycles. The van der Waals surface area contributed by atoms with E-state index in [2.05, 4.69) is 9.97 Å². The van der Waals surface area contributed by atoms with E-state index in [1.54, 1.807) is 0 Å². The number of pyridine rings is 2. The maximum atomic E-state index is 12.8. The Bertz CT molecular complexity index is 723. The Morgan fingerprint density at radius 3 is 2.10 bits per heavy atom. The average Bonchev–Trinajstić information content (AvgIpc) is 2.34. The summed E-state index contributed by atoms with van der Waals surface area (Å²) in [4.78, 5) is 16.9. The lowest BCUT2D eigenvalue weighted by molar-refractivity contribution is -0.144. The van der Waals surface area contributed by atoms with Crippen LogP contribution in [0.2, 0.25) is 0 Å². The van der Waals surface area contributed by atoms with E-state index in [0.29, 0.717) is 0 Å². The first kappa shape index (κ1) is 15.0. The van der Waals surface area contributed by atoms with Gasteiger partial charge in [0.05, 0.1) is 5.56 Å². The predicted molar refractivity (Wildman–Crippen MR) is 56.5 cm³/mol. The summed E-state index contributed by atoms with van der Waals surface area (Å²) in [5.74, 6) is -1.59. The number of halogens is 6. The number of aromatic carboxylic acids is 1. The van der Waals surface area contributed by atoms with Crippen LogP contribution in [0.3, 0.4) is 0 Å². The van der Waals surface area contributed by atoms with Crippen molar-refractivity contribution in [2.45, 2.75) is 12.4 Å². The van der Waals surface area contributed by atoms with Crippen LogP contribution in [-0.2, 0) is 12.4 Å². The van der Waals surface area contributed by atoms with Crippen molar-refractivity contribution in [2.24, 2.45) is 0 Å². The monoisotopic (exact) mass is 310 g/mol. The molecule has 21 heavy (non-hydrogen) atoms. The Morgan fingerprint density at radius 1 is 1.00 bits per heavy atom. The molecule has 2 heterocycles. The van der Waals surface area contributed by atoms with Gasteiger partial charge in [0.1, 0.15) is 5.69 Å². The number of hydrogen-bond acceptors (Lipinski definition) is 3. The fourth-order valence-corrected chi connectivity index (χ4v) is 1.60. The van der Waals surface area contributed by atoms with Crippen LogP contribution >= 0.6 is 0 Å². The zero-order valence-corrected chi connectivity index (χ0v) is 9.75. The van der Waals surface area contributed by atoms with Gasteiger partial charge in [-0.25, -0.2) is 14.8 Å². The molecular weight excluding hydrogens is 306 g/mol. The van der Waals surface area contributed by atoms with Crippen molar-refractivity contribution >= 4 is 17.0 Å². The van der Waals surface area contributed by atoms with Gasteiger partial charge in [0.25, 0.3) is 0 Å². The molecule has 0 unspecified atom stereocenters. The fourth-order valence-electron chi connectivity index (χ4n) is 1.60. The minimum Gasteiger partial charge on any atom is -0.477 e. The highest BCUT2D eigenvalue weighted by Gasteiger charge is 2.39. The Morgan fingerprint density at radius 2 is 1.62 bits per heavy atom. The van der Waals surface area contributed by atoms with Crippen LogP contribution < -0.4 is 0 Å². The predicted octanol–water partition coefficient (Wildman–Crippen LogP) is 3.37. The van der Waals surface area contributed by atoms with Gasteiger partial charge in [0, 0.05) is 5.39 Å². The molecule has 0 spiro atoms. The summed E-state index contributed by atoms with van der Waals surface area (Å²) in [5, 5.41) is 7.96. The van der Waals surface area contributed by atoms with Crippen LogP contribution in [0.5, 0.6) is 0 Å². The molecule has 0 aliphatic rings. The molecule has 2 aromatic rings. The number of alkyl halides is 6. The lowest BCUT2D eigenvalue weighted by atomic mass is 10.1. The van der Waals surface area contributed by atoms with Crippen molar-refractivity contribution in [3.05, 3.63) is 35.2 Å². The van der Waals surface area contributed by atoms with Crippen LogP contribution in [0.15, 0.2) is 18.2 Å². The first-order valence-electron chi connectivity index (χ1n) is 5.19. The normalized spacial score (nSPS) is 12.7. The molecule has 0 saturated heterocycles. The van der Waals surface area contributed by atoms with E-state index >= 15 is 0 Å². The molecule has 0 atom stereocenters. The molecular formula is C11H4F6N2O2. The minimum atomic E-state index is -5.12. The number of carboxylic acids is 1. The summed E-state index contributed by atoms with van der Waals surface area (Å²) in [6.07, 6.45) is -10.2. The number of rotatable bonds is 1. The Balaban J connectivity index is 2.84. The van der Waals surface area contributed by atoms with E-state index in [0.717, 1.165) is 12.1 Å². The van der Waals surface area contributed by atoms with Gasteiger partial charge in [-0.05, 0) is 18.2 Å². The molecule has 0 radical (unpaired) electrons. The maximum absolute atomic E-state index is 12.8. The van der Waals surface area contributed by atoms with Crippen molar-refractivity contribution in [3.8, 4) is 0 Å². The highest BCUT2D eigenvalue weighted by molar-refractivity contribution is 5.89. The number of nitrogens with zero attached hydrogens (tertiary/aromatic N) is 2. The number of carbonyl (C=O) groups is 1. The van der Waals surface area contributed by atoms with Crippen molar-refractivity contribution in [1.82, 2.24) is 9.97 Å². The second-order valence-electron chi connectivity index (χ2n) is 3.92. The van der Waals surface area contributed by atoms with Gasteiger partial charge < -0.3 is 5.11 Å². The Hall–Kier alpha value is -2.39. The quantitative estimate of drug-likeness (QED) is 0.820. The third kappa shape index (κ3) is 2.88. The van der Waals surface area contributed by atoms with E-state index < -0.39 is 46.3 Å². The molecule has 0 aromatic carbocycles. The largest absolute Gasteiger partial charge is 0.477 e. The zero-order chi connectivity index (χ0) is 16.0. The molecule has 0 bridgehead atoms. The van der Waals surface area contributed by atoms with Crippen molar-refractivity contribution < 1.29 is 36.2 Å². The number of hydrogen-bond donors (Lipinski definition) is 1. The van der Waals surface area contributed by atoms with Gasteiger partial charge in [-0.3, -0.25) is 0 Å². The van der Waals surface area contributed by atoms with Crippen LogP contribution in [0.1, 0.15) is 21.7 Å². The molecule has 1 N–H and O–H groups in total. The van der Waals surface area contributed by atoms with Gasteiger partial charge in [-0.2, -0.15) is 26.3 Å². The first-order chi connectivity index (χ1) is 9.50. The summed E-state index contributed by atoms with van der Waals surface area (Å²) >= 11 is 0. The number of aromatic nitrogens is 2. The molecule has 2 aromatic heterocycles. The summed E-state index contributed by atoms with van der Waals surface area (Å²) < 4.78 is 76.1. The van der Waals surface area contributed by atoms with Crippen LogP contribution in [0, 0.1) is 0 Å². The lowest BCUT2D eigenvalue weighted by Gasteiger charge is -2.13. The van der Waals surface area contributed by atoms with Crippen LogP contribution in [0.25, 0.3) is 11.0 Å². The first-order valence-corrected chi connectivity index (χ1v) is 5.19. The molecule has 4 nitrogen and oxygen atoms in total. The summed E-state index contributed by atoms with van der Waals surface area (Å²) in [6.45, 7) is 0. The van der Waals surface area contributed by atoms with Crippen LogP contribution in [-0.4, -0.2) is 21.0 Å². The fraction of sp³-hybridized carbons (Fsp3) is 0.182. The summed E-state index contributed by atoms with van der Waals surface area (Å²) in [7, 11) is 0. The van der Waals surface area contributed by atoms with Gasteiger partial charge in [-0.1, -0.05) is 0 Å². The highest BCUT2D eigenvalue weighted by atomic mass is 19.4. The zero-order valence-electron chi connectivity index (χ0n) is 9.75. The SMILES string of the molecule is O=C(O)c1ccc2c(C(F)(F)F)cc(C(F)(F)F)nc2n1. The standard InChI is InChI=1S/C11H4F6N2O2/c12-10(13,14)5-3-7(11(15,16)17)19-8-4(5)1-2-6(18-8)9(20)21/h1-3H,(H,20,21). The molecule has 2 rings (SSSR count). The molecule has 112 valence electrons. The summed E-state index contributed by atoms with van der Waals surface area (Å²) in [5.41, 5.74) is -5.01. The minimum absolute atomic E-state index is 0.134. The topological polar surface area (TPSA) is 63.1 Å². The van der Waals surface area contributed by atoms with Crippen molar-refractivity contribution in [1.29, 1.82) is 0 Å². The van der Waals surface area contributed by atoms with Gasteiger partial charge in [-0.15, -0.1) is 0 Å². The van der Waals surface area contributed by atoms with Crippen molar-refractivity contribution in [2.75, 3.05) is 0 Å². The van der Waals surface area contributed by atoms with E-state index in [-0.39, 0.29) is 6.07 Å². The number of fused-ring (bicyclic) bond motifs is 1. The second kappa shape index (κ2) is 4.57.